The van der Waals surface area contributed by atoms with Crippen molar-refractivity contribution >= 4 is 27.0 Å². The molecular weight excluding hydrogens is 289 g/mol. The molecule has 2 aromatic rings. The van der Waals surface area contributed by atoms with Crippen LogP contribution in [-0.2, 0) is 16.4 Å². The molecule has 0 fully saturated rings. The molecule has 102 valence electrons. The number of thiophene rings is 1. The van der Waals surface area contributed by atoms with Crippen molar-refractivity contribution in [1.29, 1.82) is 0 Å². The minimum Gasteiger partial charge on any atom is -0.396 e. The molecule has 0 bridgehead atoms. The summed E-state index contributed by atoms with van der Waals surface area (Å²) in [4.78, 5) is 0.794. The molecule has 7 heteroatoms. The summed E-state index contributed by atoms with van der Waals surface area (Å²) in [5.41, 5.74) is 0.304. The number of aliphatic hydroxyl groups is 1. The van der Waals surface area contributed by atoms with Crippen molar-refractivity contribution in [3.63, 3.8) is 0 Å². The van der Waals surface area contributed by atoms with Gasteiger partial charge in [-0.25, -0.2) is 12.8 Å². The summed E-state index contributed by atoms with van der Waals surface area (Å²) in [6.07, 6.45) is 0.427. The van der Waals surface area contributed by atoms with Gasteiger partial charge in [0.1, 0.15) is 10.0 Å². The number of sulfonamides is 1. The lowest BCUT2D eigenvalue weighted by Gasteiger charge is -2.05. The number of aliphatic hydroxyl groups excluding tert-OH is 1. The van der Waals surface area contributed by atoms with Gasteiger partial charge in [0.25, 0.3) is 10.0 Å². The minimum absolute atomic E-state index is 0.0224. The van der Waals surface area contributed by atoms with Crippen molar-refractivity contribution in [3.8, 4) is 0 Å². The molecule has 0 spiro atoms. The molecule has 0 unspecified atom stereocenters. The van der Waals surface area contributed by atoms with E-state index in [0.29, 0.717) is 12.1 Å². The smallest absolute Gasteiger partial charge is 0.271 e. The highest BCUT2D eigenvalue weighted by molar-refractivity contribution is 7.94. The molecule has 1 aromatic carbocycles. The first kappa shape index (κ1) is 14.0. The Labute approximate surface area is 114 Å². The van der Waals surface area contributed by atoms with Crippen molar-refractivity contribution in [2.75, 3.05) is 11.3 Å². The Bertz CT molecular complexity index is 650. The number of hydrogen-bond donors (Lipinski definition) is 2. The zero-order valence-corrected chi connectivity index (χ0v) is 11.5. The molecule has 0 aliphatic heterocycles. The van der Waals surface area contributed by atoms with Crippen molar-refractivity contribution in [2.24, 2.45) is 0 Å². The van der Waals surface area contributed by atoms with Gasteiger partial charge in [-0.05, 0) is 36.4 Å². The highest BCUT2D eigenvalue weighted by Crippen LogP contribution is 2.24. The standard InChI is InChI=1S/C12H12FNO3S2/c13-9-1-3-10(4-2-9)14-19(16,17)12-6-5-11(18-12)7-8-15/h1-6,14-15H,7-8H2. The van der Waals surface area contributed by atoms with Gasteiger partial charge in [0.2, 0.25) is 0 Å². The van der Waals surface area contributed by atoms with E-state index in [0.717, 1.165) is 16.2 Å². The summed E-state index contributed by atoms with van der Waals surface area (Å²) in [5, 5.41) is 8.80. The summed E-state index contributed by atoms with van der Waals surface area (Å²) in [6, 6.07) is 8.23. The van der Waals surface area contributed by atoms with Crippen LogP contribution in [0.15, 0.2) is 40.6 Å². The van der Waals surface area contributed by atoms with Crippen molar-refractivity contribution in [1.82, 2.24) is 0 Å². The molecule has 4 nitrogen and oxygen atoms in total. The van der Waals surface area contributed by atoms with E-state index in [4.69, 9.17) is 5.11 Å². The van der Waals surface area contributed by atoms with Crippen molar-refractivity contribution in [2.45, 2.75) is 10.6 Å². The maximum absolute atomic E-state index is 12.7. The Morgan fingerprint density at radius 1 is 1.16 bits per heavy atom. The summed E-state index contributed by atoms with van der Waals surface area (Å²) < 4.78 is 39.4. The molecule has 0 saturated heterocycles. The fourth-order valence-electron chi connectivity index (χ4n) is 1.47. The molecule has 0 aliphatic rings. The van der Waals surface area contributed by atoms with Crippen LogP contribution in [0.4, 0.5) is 10.1 Å². The van der Waals surface area contributed by atoms with E-state index >= 15 is 0 Å². The van der Waals surface area contributed by atoms with E-state index in [1.807, 2.05) is 0 Å². The number of benzene rings is 1. The van der Waals surface area contributed by atoms with Gasteiger partial charge in [-0.3, -0.25) is 4.72 Å². The average Bonchev–Trinajstić information content (AvgIpc) is 2.82. The van der Waals surface area contributed by atoms with Crippen LogP contribution < -0.4 is 4.72 Å². The Morgan fingerprint density at radius 2 is 1.84 bits per heavy atom. The molecule has 2 N–H and O–H groups in total. The van der Waals surface area contributed by atoms with E-state index in [2.05, 4.69) is 4.72 Å². The lowest BCUT2D eigenvalue weighted by atomic mass is 10.3. The lowest BCUT2D eigenvalue weighted by molar-refractivity contribution is 0.300. The van der Waals surface area contributed by atoms with Crippen molar-refractivity contribution < 1.29 is 17.9 Å². The van der Waals surface area contributed by atoms with Crippen LogP contribution in [-0.4, -0.2) is 20.1 Å². The van der Waals surface area contributed by atoms with Gasteiger partial charge in [0.15, 0.2) is 0 Å². The SMILES string of the molecule is O=S(=O)(Nc1ccc(F)cc1)c1ccc(CCO)s1. The van der Waals surface area contributed by atoms with Gasteiger partial charge >= 0.3 is 0 Å². The maximum Gasteiger partial charge on any atom is 0.271 e. The number of anilines is 1. The molecule has 0 saturated carbocycles. The Balaban J connectivity index is 2.19. The first-order valence-corrected chi connectivity index (χ1v) is 7.79. The zero-order valence-electron chi connectivity index (χ0n) is 9.84. The van der Waals surface area contributed by atoms with Crippen LogP contribution in [0, 0.1) is 5.82 Å². The van der Waals surface area contributed by atoms with Gasteiger partial charge in [-0.15, -0.1) is 11.3 Å². The van der Waals surface area contributed by atoms with Crippen LogP contribution in [0.3, 0.4) is 0 Å². The van der Waals surface area contributed by atoms with E-state index in [9.17, 15) is 12.8 Å². The molecule has 1 heterocycles. The third kappa shape index (κ3) is 3.52. The van der Waals surface area contributed by atoms with Crippen LogP contribution in [0.25, 0.3) is 0 Å². The molecule has 19 heavy (non-hydrogen) atoms. The topological polar surface area (TPSA) is 66.4 Å². The van der Waals surface area contributed by atoms with E-state index in [-0.39, 0.29) is 10.8 Å². The Kier molecular flexibility index (Phi) is 4.18. The highest BCUT2D eigenvalue weighted by Gasteiger charge is 2.16. The molecule has 0 amide bonds. The Hall–Kier alpha value is -1.44. The number of hydrogen-bond acceptors (Lipinski definition) is 4. The van der Waals surface area contributed by atoms with Gasteiger partial charge in [0, 0.05) is 23.6 Å². The summed E-state index contributed by atoms with van der Waals surface area (Å²) in [6.45, 7) is -0.0224. The predicted octanol–water partition coefficient (Wildman–Crippen LogP) is 2.22. The number of halogens is 1. The quantitative estimate of drug-likeness (QED) is 0.890. The third-order valence-corrected chi connectivity index (χ3v) is 5.37. The van der Waals surface area contributed by atoms with Crippen LogP contribution in [0.5, 0.6) is 0 Å². The van der Waals surface area contributed by atoms with Crippen molar-refractivity contribution in [3.05, 3.63) is 47.1 Å². The maximum atomic E-state index is 12.7. The van der Waals surface area contributed by atoms with Gasteiger partial charge in [-0.2, -0.15) is 0 Å². The van der Waals surface area contributed by atoms with Crippen LogP contribution in [0.2, 0.25) is 0 Å². The first-order chi connectivity index (χ1) is 9.01. The molecular formula is C12H12FNO3S2. The molecule has 1 aromatic heterocycles. The summed E-state index contributed by atoms with van der Waals surface area (Å²) in [7, 11) is -3.66. The number of rotatable bonds is 5. The van der Waals surface area contributed by atoms with Crippen LogP contribution in [0.1, 0.15) is 4.88 Å². The third-order valence-electron chi connectivity index (χ3n) is 2.36. The normalized spacial score (nSPS) is 11.5. The predicted molar refractivity (Wildman–Crippen MR) is 72.3 cm³/mol. The molecule has 0 aliphatic carbocycles. The number of nitrogens with one attached hydrogen (secondary N) is 1. The van der Waals surface area contributed by atoms with Crippen LogP contribution >= 0.6 is 11.3 Å². The fraction of sp³-hybridized carbons (Fsp3) is 0.167. The van der Waals surface area contributed by atoms with E-state index in [1.165, 1.54) is 30.3 Å². The van der Waals surface area contributed by atoms with Gasteiger partial charge < -0.3 is 5.11 Å². The summed E-state index contributed by atoms with van der Waals surface area (Å²) >= 11 is 1.10. The second-order valence-electron chi connectivity index (χ2n) is 3.81. The summed E-state index contributed by atoms with van der Waals surface area (Å²) in [5.74, 6) is -0.427. The zero-order chi connectivity index (χ0) is 13.9. The first-order valence-electron chi connectivity index (χ1n) is 5.49. The average molecular weight is 301 g/mol. The monoisotopic (exact) mass is 301 g/mol. The minimum atomic E-state index is -3.66. The largest absolute Gasteiger partial charge is 0.396 e. The fourth-order valence-corrected chi connectivity index (χ4v) is 3.87. The van der Waals surface area contributed by atoms with E-state index < -0.39 is 15.8 Å². The molecule has 2 rings (SSSR count). The molecule has 0 radical (unpaired) electrons. The second-order valence-corrected chi connectivity index (χ2v) is 6.88. The van der Waals surface area contributed by atoms with Gasteiger partial charge in [0.05, 0.1) is 0 Å². The molecule has 0 atom stereocenters. The lowest BCUT2D eigenvalue weighted by Crippen LogP contribution is -2.11. The van der Waals surface area contributed by atoms with E-state index in [1.54, 1.807) is 6.07 Å². The second kappa shape index (κ2) is 5.68. The highest BCUT2D eigenvalue weighted by atomic mass is 32.2. The Morgan fingerprint density at radius 3 is 2.47 bits per heavy atom. The van der Waals surface area contributed by atoms with Gasteiger partial charge in [-0.1, -0.05) is 0 Å².